The summed E-state index contributed by atoms with van der Waals surface area (Å²) < 4.78 is 18.9. The lowest BCUT2D eigenvalue weighted by Gasteiger charge is -2.07. The zero-order valence-electron chi connectivity index (χ0n) is 10.2. The van der Waals surface area contributed by atoms with Gasteiger partial charge in [0.1, 0.15) is 16.8 Å². The smallest absolute Gasteiger partial charge is 0.218 e. The number of nitrogens with zero attached hydrogens (tertiary/aromatic N) is 2. The van der Waals surface area contributed by atoms with Crippen molar-refractivity contribution in [3.63, 3.8) is 0 Å². The van der Waals surface area contributed by atoms with Crippen LogP contribution in [0.4, 0.5) is 4.39 Å². The molecule has 0 saturated heterocycles. The Bertz CT molecular complexity index is 573. The second-order valence-electron chi connectivity index (χ2n) is 3.76. The molecule has 1 aromatic carbocycles. The molecule has 0 aliphatic rings. The van der Waals surface area contributed by atoms with Crippen molar-refractivity contribution in [2.45, 2.75) is 13.3 Å². The van der Waals surface area contributed by atoms with Crippen LogP contribution in [0.1, 0.15) is 18.3 Å². The van der Waals surface area contributed by atoms with E-state index in [9.17, 15) is 4.39 Å². The van der Waals surface area contributed by atoms with Gasteiger partial charge in [0.15, 0.2) is 0 Å². The van der Waals surface area contributed by atoms with E-state index in [1.54, 1.807) is 12.1 Å². The second-order valence-corrected chi connectivity index (χ2v) is 4.55. The van der Waals surface area contributed by atoms with Gasteiger partial charge in [-0.15, -0.1) is 0 Å². The molecule has 3 nitrogen and oxygen atoms in total. The Kier molecular flexibility index (Phi) is 4.56. The summed E-state index contributed by atoms with van der Waals surface area (Å²) in [7, 11) is 0. The van der Waals surface area contributed by atoms with Crippen LogP contribution in [-0.2, 0) is 6.42 Å². The molecular weight excluding hydrogens is 290 g/mol. The summed E-state index contributed by atoms with van der Waals surface area (Å²) in [6.45, 7) is 2.30. The zero-order chi connectivity index (χ0) is 13.8. The van der Waals surface area contributed by atoms with E-state index in [4.69, 9.17) is 27.9 Å². The third-order valence-corrected chi connectivity index (χ3v) is 2.95. The average molecular weight is 301 g/mol. The first-order valence-corrected chi connectivity index (χ1v) is 6.45. The number of aromatic nitrogens is 2. The molecule has 0 atom stereocenters. The number of ether oxygens (including phenoxy) is 1. The molecule has 100 valence electrons. The van der Waals surface area contributed by atoms with Crippen LogP contribution in [0.2, 0.25) is 10.2 Å². The SMILES string of the molecule is CCOc1cc(Cl)nc(Cc2c(F)cccc2Cl)n1. The Hall–Kier alpha value is -1.39. The van der Waals surface area contributed by atoms with E-state index in [1.807, 2.05) is 6.92 Å². The first-order chi connectivity index (χ1) is 9.10. The quantitative estimate of drug-likeness (QED) is 0.803. The Morgan fingerprint density at radius 1 is 1.26 bits per heavy atom. The molecule has 1 heterocycles. The van der Waals surface area contributed by atoms with Gasteiger partial charge in [0.05, 0.1) is 6.61 Å². The lowest BCUT2D eigenvalue weighted by atomic mass is 10.1. The Morgan fingerprint density at radius 3 is 2.74 bits per heavy atom. The molecule has 0 saturated carbocycles. The van der Waals surface area contributed by atoms with E-state index in [-0.39, 0.29) is 11.6 Å². The van der Waals surface area contributed by atoms with Crippen molar-refractivity contribution in [3.8, 4) is 5.88 Å². The van der Waals surface area contributed by atoms with Crippen LogP contribution < -0.4 is 4.74 Å². The summed E-state index contributed by atoms with van der Waals surface area (Å²) in [5.41, 5.74) is 0.342. The molecule has 2 aromatic rings. The molecule has 6 heteroatoms. The third-order valence-electron chi connectivity index (χ3n) is 2.41. The standard InChI is InChI=1S/C13H11Cl2FN2O/c1-2-19-13-7-11(15)17-12(18-13)6-8-9(14)4-3-5-10(8)16/h3-5,7H,2,6H2,1H3. The second kappa shape index (κ2) is 6.17. The van der Waals surface area contributed by atoms with E-state index >= 15 is 0 Å². The van der Waals surface area contributed by atoms with Crippen LogP contribution in [-0.4, -0.2) is 16.6 Å². The van der Waals surface area contributed by atoms with Gasteiger partial charge in [0.2, 0.25) is 5.88 Å². The normalized spacial score (nSPS) is 10.5. The topological polar surface area (TPSA) is 35.0 Å². The van der Waals surface area contributed by atoms with Crippen molar-refractivity contribution in [1.82, 2.24) is 9.97 Å². The molecule has 0 unspecified atom stereocenters. The number of hydrogen-bond acceptors (Lipinski definition) is 3. The third kappa shape index (κ3) is 3.55. The largest absolute Gasteiger partial charge is 0.478 e. The molecule has 1 aromatic heterocycles. The van der Waals surface area contributed by atoms with Crippen molar-refractivity contribution in [2.24, 2.45) is 0 Å². The molecule has 0 aliphatic heterocycles. The van der Waals surface area contributed by atoms with Crippen molar-refractivity contribution >= 4 is 23.2 Å². The Labute approximate surface area is 120 Å². The highest BCUT2D eigenvalue weighted by Crippen LogP contribution is 2.22. The van der Waals surface area contributed by atoms with Crippen molar-refractivity contribution in [2.75, 3.05) is 6.61 Å². The summed E-state index contributed by atoms with van der Waals surface area (Å²) in [5, 5.41) is 0.586. The van der Waals surface area contributed by atoms with Gasteiger partial charge >= 0.3 is 0 Å². The summed E-state index contributed by atoms with van der Waals surface area (Å²) in [5.74, 6) is 0.335. The Balaban J connectivity index is 2.33. The van der Waals surface area contributed by atoms with E-state index in [1.165, 1.54) is 12.1 Å². The molecule has 0 bridgehead atoms. The Morgan fingerprint density at radius 2 is 2.05 bits per heavy atom. The van der Waals surface area contributed by atoms with Crippen molar-refractivity contribution in [3.05, 3.63) is 51.6 Å². The fourth-order valence-electron chi connectivity index (χ4n) is 1.60. The summed E-state index contributed by atoms with van der Waals surface area (Å²) in [6, 6.07) is 6.02. The number of halogens is 3. The van der Waals surface area contributed by atoms with Crippen LogP contribution in [0.25, 0.3) is 0 Å². The first kappa shape index (κ1) is 14.0. The highest BCUT2D eigenvalue weighted by Gasteiger charge is 2.11. The first-order valence-electron chi connectivity index (χ1n) is 5.69. The van der Waals surface area contributed by atoms with Gasteiger partial charge in [-0.2, -0.15) is 4.98 Å². The van der Waals surface area contributed by atoms with Crippen LogP contribution in [0, 0.1) is 5.82 Å². The summed E-state index contributed by atoms with van der Waals surface area (Å²) >= 11 is 11.8. The van der Waals surface area contributed by atoms with E-state index in [2.05, 4.69) is 9.97 Å². The lowest BCUT2D eigenvalue weighted by Crippen LogP contribution is -2.03. The van der Waals surface area contributed by atoms with Gasteiger partial charge in [-0.05, 0) is 19.1 Å². The fourth-order valence-corrected chi connectivity index (χ4v) is 2.02. The summed E-state index contributed by atoms with van der Waals surface area (Å²) in [4.78, 5) is 8.20. The predicted molar refractivity (Wildman–Crippen MR) is 72.4 cm³/mol. The molecule has 0 N–H and O–H groups in total. The number of rotatable bonds is 4. The average Bonchev–Trinajstić information content (AvgIpc) is 2.34. The number of hydrogen-bond donors (Lipinski definition) is 0. The molecule has 0 fully saturated rings. The van der Waals surface area contributed by atoms with E-state index in [0.717, 1.165) is 0 Å². The van der Waals surface area contributed by atoms with Crippen LogP contribution in [0.3, 0.4) is 0 Å². The molecule has 2 rings (SSSR count). The van der Waals surface area contributed by atoms with Gasteiger partial charge in [-0.25, -0.2) is 9.37 Å². The minimum Gasteiger partial charge on any atom is -0.478 e. The van der Waals surface area contributed by atoms with Gasteiger partial charge in [0, 0.05) is 23.1 Å². The molecule has 0 spiro atoms. The minimum atomic E-state index is -0.394. The van der Waals surface area contributed by atoms with Gasteiger partial charge in [-0.1, -0.05) is 29.3 Å². The lowest BCUT2D eigenvalue weighted by molar-refractivity contribution is 0.325. The number of benzene rings is 1. The predicted octanol–water partition coefficient (Wildman–Crippen LogP) is 3.91. The van der Waals surface area contributed by atoms with E-state index in [0.29, 0.717) is 28.9 Å². The van der Waals surface area contributed by atoms with Crippen molar-refractivity contribution < 1.29 is 9.13 Å². The van der Waals surface area contributed by atoms with Crippen LogP contribution in [0.15, 0.2) is 24.3 Å². The molecule has 0 amide bonds. The molecule has 19 heavy (non-hydrogen) atoms. The molecule has 0 aliphatic carbocycles. The van der Waals surface area contributed by atoms with E-state index < -0.39 is 5.82 Å². The van der Waals surface area contributed by atoms with Gasteiger partial charge in [-0.3, -0.25) is 0 Å². The zero-order valence-corrected chi connectivity index (χ0v) is 11.7. The van der Waals surface area contributed by atoms with Gasteiger partial charge < -0.3 is 4.74 Å². The highest BCUT2D eigenvalue weighted by molar-refractivity contribution is 6.31. The highest BCUT2D eigenvalue weighted by atomic mass is 35.5. The maximum absolute atomic E-state index is 13.7. The summed E-state index contributed by atoms with van der Waals surface area (Å²) in [6.07, 6.45) is 0.159. The maximum atomic E-state index is 13.7. The van der Waals surface area contributed by atoms with Gasteiger partial charge in [0.25, 0.3) is 0 Å². The van der Waals surface area contributed by atoms with Crippen LogP contribution >= 0.6 is 23.2 Å². The molecule has 0 radical (unpaired) electrons. The maximum Gasteiger partial charge on any atom is 0.218 e. The van der Waals surface area contributed by atoms with Crippen LogP contribution in [0.5, 0.6) is 5.88 Å². The fraction of sp³-hybridized carbons (Fsp3) is 0.231. The minimum absolute atomic E-state index is 0.159. The van der Waals surface area contributed by atoms with Crippen molar-refractivity contribution in [1.29, 1.82) is 0 Å². The monoisotopic (exact) mass is 300 g/mol. The molecular formula is C13H11Cl2FN2O.